The van der Waals surface area contributed by atoms with Crippen molar-refractivity contribution in [2.45, 2.75) is 51.9 Å². The van der Waals surface area contributed by atoms with Gasteiger partial charge in [0.25, 0.3) is 11.8 Å². The molecule has 2 atom stereocenters. The molecule has 0 aliphatic carbocycles. The summed E-state index contributed by atoms with van der Waals surface area (Å²) in [5.74, 6) is -0.112. The first kappa shape index (κ1) is 29.5. The highest BCUT2D eigenvalue weighted by molar-refractivity contribution is 5.97. The number of unbranched alkanes of at least 4 members (excludes halogenated alkanes) is 2. The molecule has 14 nitrogen and oxygen atoms in total. The molecule has 4 aliphatic heterocycles. The van der Waals surface area contributed by atoms with Gasteiger partial charge in [0.15, 0.2) is 22.9 Å². The van der Waals surface area contributed by atoms with Gasteiger partial charge in [-0.3, -0.25) is 28.5 Å². The molecule has 0 spiro atoms. The van der Waals surface area contributed by atoms with Crippen LogP contribution in [0.2, 0.25) is 0 Å². The van der Waals surface area contributed by atoms with Gasteiger partial charge < -0.3 is 39.6 Å². The zero-order chi connectivity index (χ0) is 29.6. The number of fused-ring (bicyclic) bond motifs is 4. The van der Waals surface area contributed by atoms with Crippen LogP contribution in [0.5, 0.6) is 11.5 Å². The van der Waals surface area contributed by atoms with Crippen LogP contribution in [0.15, 0.2) is 34.1 Å². The highest BCUT2D eigenvalue weighted by Crippen LogP contribution is 2.24. The molecule has 2 N–H and O–H groups in total. The lowest BCUT2D eigenvalue weighted by molar-refractivity contribution is -0.00337. The van der Waals surface area contributed by atoms with E-state index >= 15 is 0 Å². The molecular weight excluding hydrogens is 548 g/mol. The molecule has 0 saturated carbocycles. The van der Waals surface area contributed by atoms with E-state index in [1.807, 2.05) is 13.8 Å². The molecule has 1 unspecified atom stereocenters. The first-order valence-electron chi connectivity index (χ1n) is 14.5. The molecule has 2 amide bonds. The molecule has 4 aliphatic rings. The lowest BCUT2D eigenvalue weighted by Gasteiger charge is -2.41. The summed E-state index contributed by atoms with van der Waals surface area (Å²) in [5, 5.41) is 0. The van der Waals surface area contributed by atoms with Gasteiger partial charge >= 0.3 is 0 Å². The topological polar surface area (TPSA) is 146 Å². The average Bonchev–Trinajstić information content (AvgIpc) is 3.00. The molecule has 0 bridgehead atoms. The molecule has 2 saturated heterocycles. The summed E-state index contributed by atoms with van der Waals surface area (Å²) in [6.07, 6.45) is 6.34. The highest BCUT2D eigenvalue weighted by atomic mass is 16.5. The van der Waals surface area contributed by atoms with E-state index in [0.29, 0.717) is 52.7 Å². The minimum atomic E-state index is -0.265. The van der Waals surface area contributed by atoms with Crippen LogP contribution in [0.25, 0.3) is 0 Å². The van der Waals surface area contributed by atoms with Gasteiger partial charge in [-0.2, -0.15) is 0 Å². The summed E-state index contributed by atoms with van der Waals surface area (Å²) in [6, 6.07) is 2.81. The lowest BCUT2D eigenvalue weighted by atomic mass is 10.2. The van der Waals surface area contributed by atoms with Crippen molar-refractivity contribution in [3.63, 3.8) is 0 Å². The van der Waals surface area contributed by atoms with Crippen molar-refractivity contribution in [3.05, 3.63) is 56.4 Å². The smallest absolute Gasteiger partial charge is 0.278 e. The second-order valence-electron chi connectivity index (χ2n) is 10.3. The van der Waals surface area contributed by atoms with E-state index in [2.05, 4.69) is 10.9 Å². The fourth-order valence-electron chi connectivity index (χ4n) is 5.07. The van der Waals surface area contributed by atoms with Gasteiger partial charge in [0.05, 0.1) is 39.6 Å². The van der Waals surface area contributed by atoms with Gasteiger partial charge in [0.1, 0.15) is 12.3 Å². The molecular formula is C28H38N6O8. The van der Waals surface area contributed by atoms with Gasteiger partial charge in [0, 0.05) is 37.6 Å². The minimum Gasteiger partial charge on any atom is -0.487 e. The summed E-state index contributed by atoms with van der Waals surface area (Å²) >= 11 is 0. The maximum absolute atomic E-state index is 12.6. The minimum absolute atomic E-state index is 0.133. The number of nitrogens with one attached hydrogen (secondary N) is 2. The number of rotatable bonds is 8. The lowest BCUT2D eigenvalue weighted by Crippen LogP contribution is -2.59. The van der Waals surface area contributed by atoms with Crippen molar-refractivity contribution in [1.82, 2.24) is 19.2 Å². The van der Waals surface area contributed by atoms with Crippen LogP contribution < -0.4 is 31.2 Å². The molecule has 0 radical (unpaired) electrons. The first-order valence-corrected chi connectivity index (χ1v) is 14.5. The number of carbonyl (C=O) groups is 2. The van der Waals surface area contributed by atoms with Crippen molar-refractivity contribution in [2.75, 3.05) is 63.6 Å². The number of morpholine rings is 2. The Morgan fingerprint density at radius 3 is 1.57 bits per heavy atom. The van der Waals surface area contributed by atoms with Crippen LogP contribution in [0.4, 0.5) is 0 Å². The monoisotopic (exact) mass is 586 g/mol. The predicted octanol–water partition coefficient (Wildman–Crippen LogP) is 0.766. The average molecular weight is 587 g/mol. The number of nitrogens with zero attached hydrogens (tertiary/aromatic N) is 4. The highest BCUT2D eigenvalue weighted by Gasteiger charge is 2.38. The molecule has 2 fully saturated rings. The summed E-state index contributed by atoms with van der Waals surface area (Å²) < 4.78 is 25.0. The molecule has 2 aromatic rings. The summed E-state index contributed by atoms with van der Waals surface area (Å²) in [6.45, 7) is 7.85. The zero-order valence-corrected chi connectivity index (χ0v) is 24.0. The van der Waals surface area contributed by atoms with E-state index in [0.717, 1.165) is 25.7 Å². The Labute approximate surface area is 243 Å². The second kappa shape index (κ2) is 13.3. The van der Waals surface area contributed by atoms with Crippen molar-refractivity contribution in [2.24, 2.45) is 0 Å². The van der Waals surface area contributed by atoms with Gasteiger partial charge in [-0.05, 0) is 12.8 Å². The molecule has 6 heterocycles. The van der Waals surface area contributed by atoms with Crippen molar-refractivity contribution >= 4 is 11.8 Å². The second-order valence-corrected chi connectivity index (χ2v) is 10.3. The Morgan fingerprint density at radius 1 is 0.738 bits per heavy atom. The van der Waals surface area contributed by atoms with Gasteiger partial charge in [-0.25, -0.2) is 0 Å². The van der Waals surface area contributed by atoms with Crippen LogP contribution in [-0.4, -0.2) is 96.0 Å². The number of pyridine rings is 2. The van der Waals surface area contributed by atoms with Crippen LogP contribution in [-0.2, 0) is 9.47 Å². The van der Waals surface area contributed by atoms with Crippen molar-refractivity contribution in [3.8, 4) is 11.5 Å². The van der Waals surface area contributed by atoms with E-state index in [1.165, 1.54) is 12.1 Å². The van der Waals surface area contributed by atoms with Crippen LogP contribution in [0, 0.1) is 0 Å². The molecule has 2 aromatic heterocycles. The Morgan fingerprint density at radius 2 is 1.17 bits per heavy atom. The van der Waals surface area contributed by atoms with Gasteiger partial charge in [-0.1, -0.05) is 26.7 Å². The zero-order valence-electron chi connectivity index (χ0n) is 24.0. The fraction of sp³-hybridized carbons (Fsp3) is 0.571. The molecule has 14 heteroatoms. The Balaban J connectivity index is 0.000000168. The van der Waals surface area contributed by atoms with E-state index in [4.69, 9.17) is 18.9 Å². The number of hydrogen-bond acceptors (Lipinski definition) is 10. The van der Waals surface area contributed by atoms with Crippen molar-refractivity contribution < 1.29 is 28.5 Å². The largest absolute Gasteiger partial charge is 0.487 e. The third kappa shape index (κ3) is 5.95. The molecule has 6 rings (SSSR count). The van der Waals surface area contributed by atoms with Gasteiger partial charge in [0.2, 0.25) is 10.9 Å². The maximum atomic E-state index is 12.6. The van der Waals surface area contributed by atoms with Gasteiger partial charge in [-0.15, -0.1) is 0 Å². The fourth-order valence-corrected chi connectivity index (χ4v) is 5.07. The Bertz CT molecular complexity index is 1300. The van der Waals surface area contributed by atoms with E-state index in [9.17, 15) is 19.2 Å². The number of carbonyl (C=O) groups excluding carboxylic acids is 2. The van der Waals surface area contributed by atoms with Crippen molar-refractivity contribution in [1.29, 1.82) is 0 Å². The molecule has 42 heavy (non-hydrogen) atoms. The Hall–Kier alpha value is -4.04. The summed E-state index contributed by atoms with van der Waals surface area (Å²) in [5.41, 5.74) is 6.35. The number of hydrogen-bond donors (Lipinski definition) is 2. The number of ether oxygens (including phenoxy) is 4. The van der Waals surface area contributed by atoms with Crippen LogP contribution in [0.1, 0.15) is 60.5 Å². The number of aromatic nitrogens is 2. The van der Waals surface area contributed by atoms with E-state index in [-0.39, 0.29) is 57.9 Å². The summed E-state index contributed by atoms with van der Waals surface area (Å²) in [4.78, 5) is 52.7. The first-order chi connectivity index (χ1) is 20.4. The number of amides is 2. The Kier molecular flexibility index (Phi) is 9.32. The van der Waals surface area contributed by atoms with Crippen LogP contribution >= 0.6 is 0 Å². The summed E-state index contributed by atoms with van der Waals surface area (Å²) in [7, 11) is 0. The molecule has 0 aromatic carbocycles. The normalized spacial score (nSPS) is 20.5. The van der Waals surface area contributed by atoms with E-state index in [1.54, 1.807) is 31.5 Å². The van der Waals surface area contributed by atoms with Crippen LogP contribution in [0.3, 0.4) is 0 Å². The predicted molar refractivity (Wildman–Crippen MR) is 152 cm³/mol. The molecule has 228 valence electrons. The quantitative estimate of drug-likeness (QED) is 0.426. The SMILES string of the molecule is CCCCOc1c2n(ccc1=O)NC1COCCN1C2=O.CCCCOc1c2n(ccc1=O)N[C@@H]1COCCN1C2=O. The maximum Gasteiger partial charge on any atom is 0.278 e. The third-order valence-corrected chi connectivity index (χ3v) is 7.36. The standard InChI is InChI=1S/2C14H19N3O4/c2*1-2-3-7-21-13-10(18)4-5-17-12(13)14(19)16-6-8-20-9-11(16)15-17/h2*4-5,11,15H,2-3,6-9H2,1H3/t11-;/m0./s1. The third-order valence-electron chi connectivity index (χ3n) is 7.36. The van der Waals surface area contributed by atoms with E-state index < -0.39 is 0 Å².